The SMILES string of the molecule is Cc1nc2c(n1CCNCC1CCOC1)CCCC2. The second-order valence-corrected chi connectivity index (χ2v) is 5.84. The van der Waals surface area contributed by atoms with Gasteiger partial charge in [-0.25, -0.2) is 4.98 Å². The maximum Gasteiger partial charge on any atom is 0.106 e. The van der Waals surface area contributed by atoms with E-state index in [-0.39, 0.29) is 0 Å². The van der Waals surface area contributed by atoms with Crippen molar-refractivity contribution in [3.8, 4) is 0 Å². The zero-order chi connectivity index (χ0) is 13.1. The van der Waals surface area contributed by atoms with E-state index in [1.54, 1.807) is 0 Å². The molecule has 1 atom stereocenters. The van der Waals surface area contributed by atoms with Crippen molar-refractivity contribution in [1.29, 1.82) is 0 Å². The topological polar surface area (TPSA) is 39.1 Å². The first-order valence-electron chi connectivity index (χ1n) is 7.68. The Morgan fingerprint density at radius 2 is 2.26 bits per heavy atom. The third-order valence-electron chi connectivity index (χ3n) is 4.39. The lowest BCUT2D eigenvalue weighted by molar-refractivity contribution is 0.185. The number of fused-ring (bicyclic) bond motifs is 1. The van der Waals surface area contributed by atoms with Crippen molar-refractivity contribution in [2.24, 2.45) is 5.92 Å². The molecule has 0 aromatic carbocycles. The summed E-state index contributed by atoms with van der Waals surface area (Å²) in [6.45, 7) is 7.22. The van der Waals surface area contributed by atoms with Crippen molar-refractivity contribution >= 4 is 0 Å². The van der Waals surface area contributed by atoms with Crippen LogP contribution in [0.5, 0.6) is 0 Å². The molecule has 1 aromatic rings. The maximum absolute atomic E-state index is 5.40. The summed E-state index contributed by atoms with van der Waals surface area (Å²) in [5, 5.41) is 3.57. The Hall–Kier alpha value is -0.870. The van der Waals surface area contributed by atoms with Crippen LogP contribution >= 0.6 is 0 Å². The van der Waals surface area contributed by atoms with Crippen molar-refractivity contribution in [2.75, 3.05) is 26.3 Å². The molecular weight excluding hydrogens is 238 g/mol. The van der Waals surface area contributed by atoms with Crippen LogP contribution in [0.1, 0.15) is 36.5 Å². The van der Waals surface area contributed by atoms with Crippen molar-refractivity contribution in [3.05, 3.63) is 17.2 Å². The molecule has 4 heteroatoms. The predicted molar refractivity (Wildman–Crippen MR) is 75.4 cm³/mol. The van der Waals surface area contributed by atoms with Gasteiger partial charge in [-0.15, -0.1) is 0 Å². The molecule has 1 aliphatic heterocycles. The molecule has 0 saturated carbocycles. The number of imidazole rings is 1. The number of rotatable bonds is 5. The molecule has 1 saturated heterocycles. The Balaban J connectivity index is 1.50. The Morgan fingerprint density at radius 1 is 1.37 bits per heavy atom. The Morgan fingerprint density at radius 3 is 3.11 bits per heavy atom. The highest BCUT2D eigenvalue weighted by Gasteiger charge is 2.18. The van der Waals surface area contributed by atoms with Gasteiger partial charge in [0.05, 0.1) is 12.3 Å². The van der Waals surface area contributed by atoms with Crippen LogP contribution in [0.15, 0.2) is 0 Å². The number of nitrogens with zero attached hydrogens (tertiary/aromatic N) is 2. The van der Waals surface area contributed by atoms with E-state index < -0.39 is 0 Å². The zero-order valence-electron chi connectivity index (χ0n) is 12.0. The predicted octanol–water partition coefficient (Wildman–Crippen LogP) is 1.70. The van der Waals surface area contributed by atoms with E-state index in [9.17, 15) is 0 Å². The van der Waals surface area contributed by atoms with Gasteiger partial charge in [0.1, 0.15) is 5.82 Å². The molecule has 1 N–H and O–H groups in total. The van der Waals surface area contributed by atoms with E-state index in [2.05, 4.69) is 16.8 Å². The fourth-order valence-electron chi connectivity index (χ4n) is 3.27. The lowest BCUT2D eigenvalue weighted by Crippen LogP contribution is -2.27. The number of hydrogen-bond acceptors (Lipinski definition) is 3. The molecule has 0 radical (unpaired) electrons. The van der Waals surface area contributed by atoms with E-state index in [4.69, 9.17) is 9.72 Å². The van der Waals surface area contributed by atoms with Crippen LogP contribution in [0.4, 0.5) is 0 Å². The number of aryl methyl sites for hydroxylation is 2. The van der Waals surface area contributed by atoms with Gasteiger partial charge in [0.25, 0.3) is 0 Å². The zero-order valence-corrected chi connectivity index (χ0v) is 12.0. The van der Waals surface area contributed by atoms with Gasteiger partial charge < -0.3 is 14.6 Å². The average molecular weight is 263 g/mol. The van der Waals surface area contributed by atoms with Gasteiger partial charge in [-0.2, -0.15) is 0 Å². The average Bonchev–Trinajstić information content (AvgIpc) is 3.02. The van der Waals surface area contributed by atoms with Gasteiger partial charge >= 0.3 is 0 Å². The Labute approximate surface area is 115 Å². The molecule has 0 bridgehead atoms. The second-order valence-electron chi connectivity index (χ2n) is 5.84. The molecule has 1 unspecified atom stereocenters. The van der Waals surface area contributed by atoms with Crippen LogP contribution < -0.4 is 5.32 Å². The maximum atomic E-state index is 5.40. The van der Waals surface area contributed by atoms with Gasteiger partial charge in [-0.1, -0.05) is 0 Å². The van der Waals surface area contributed by atoms with Crippen LogP contribution in [0, 0.1) is 12.8 Å². The summed E-state index contributed by atoms with van der Waals surface area (Å²) in [5.74, 6) is 1.91. The number of hydrogen-bond donors (Lipinski definition) is 1. The first-order chi connectivity index (χ1) is 9.34. The fourth-order valence-corrected chi connectivity index (χ4v) is 3.27. The molecule has 0 spiro atoms. The van der Waals surface area contributed by atoms with E-state index >= 15 is 0 Å². The van der Waals surface area contributed by atoms with Crippen LogP contribution in [-0.4, -0.2) is 35.9 Å². The summed E-state index contributed by atoms with van der Waals surface area (Å²) in [6, 6.07) is 0. The van der Waals surface area contributed by atoms with E-state index in [1.807, 2.05) is 0 Å². The third kappa shape index (κ3) is 3.00. The highest BCUT2D eigenvalue weighted by atomic mass is 16.5. The molecule has 0 amide bonds. The van der Waals surface area contributed by atoms with Crippen molar-refractivity contribution in [2.45, 2.75) is 45.6 Å². The molecule has 4 nitrogen and oxygen atoms in total. The van der Waals surface area contributed by atoms with Gasteiger partial charge in [0, 0.05) is 31.9 Å². The molecule has 2 aliphatic rings. The number of aromatic nitrogens is 2. The fraction of sp³-hybridized carbons (Fsp3) is 0.800. The Kier molecular flexibility index (Phi) is 4.18. The molecule has 106 valence electrons. The minimum atomic E-state index is 0.720. The van der Waals surface area contributed by atoms with Crippen LogP contribution in [0.25, 0.3) is 0 Å². The minimum absolute atomic E-state index is 0.720. The quantitative estimate of drug-likeness (QED) is 0.822. The highest BCUT2D eigenvalue weighted by molar-refractivity contribution is 5.19. The second kappa shape index (κ2) is 6.06. The van der Waals surface area contributed by atoms with Gasteiger partial charge in [0.15, 0.2) is 0 Å². The monoisotopic (exact) mass is 263 g/mol. The number of ether oxygens (including phenoxy) is 1. The summed E-state index contributed by atoms with van der Waals surface area (Å²) >= 11 is 0. The summed E-state index contributed by atoms with van der Waals surface area (Å²) in [4.78, 5) is 4.72. The lowest BCUT2D eigenvalue weighted by atomic mass is 10.0. The van der Waals surface area contributed by atoms with Gasteiger partial charge in [0.2, 0.25) is 0 Å². The number of nitrogens with one attached hydrogen (secondary N) is 1. The third-order valence-corrected chi connectivity index (χ3v) is 4.39. The smallest absolute Gasteiger partial charge is 0.106 e. The van der Waals surface area contributed by atoms with Crippen molar-refractivity contribution < 1.29 is 4.74 Å². The summed E-state index contributed by atoms with van der Waals surface area (Å²) < 4.78 is 7.82. The van der Waals surface area contributed by atoms with E-state index in [1.165, 1.54) is 49.3 Å². The van der Waals surface area contributed by atoms with Crippen LogP contribution in [0.2, 0.25) is 0 Å². The molecule has 3 rings (SSSR count). The molecule has 1 aliphatic carbocycles. The normalized spacial score (nSPS) is 22.7. The van der Waals surface area contributed by atoms with Crippen molar-refractivity contribution in [1.82, 2.24) is 14.9 Å². The van der Waals surface area contributed by atoms with Crippen LogP contribution in [-0.2, 0) is 24.1 Å². The Bertz CT molecular complexity index is 421. The van der Waals surface area contributed by atoms with Gasteiger partial charge in [-0.3, -0.25) is 0 Å². The van der Waals surface area contributed by atoms with Crippen molar-refractivity contribution in [3.63, 3.8) is 0 Å². The molecule has 1 fully saturated rings. The molecule has 19 heavy (non-hydrogen) atoms. The first kappa shape index (κ1) is 13.1. The molecular formula is C15H25N3O. The molecule has 2 heterocycles. The lowest BCUT2D eigenvalue weighted by Gasteiger charge is -2.15. The largest absolute Gasteiger partial charge is 0.381 e. The first-order valence-corrected chi connectivity index (χ1v) is 7.68. The standard InChI is InChI=1S/C15H25N3O/c1-12-17-14-4-2-3-5-15(14)18(12)8-7-16-10-13-6-9-19-11-13/h13,16H,2-11H2,1H3. The van der Waals surface area contributed by atoms with Crippen LogP contribution in [0.3, 0.4) is 0 Å². The van der Waals surface area contributed by atoms with E-state index in [0.29, 0.717) is 0 Å². The van der Waals surface area contributed by atoms with Gasteiger partial charge in [-0.05, 0) is 44.9 Å². The highest BCUT2D eigenvalue weighted by Crippen LogP contribution is 2.21. The summed E-state index contributed by atoms with van der Waals surface area (Å²) in [7, 11) is 0. The molecule has 1 aromatic heterocycles. The minimum Gasteiger partial charge on any atom is -0.381 e. The summed E-state index contributed by atoms with van der Waals surface area (Å²) in [5.41, 5.74) is 2.85. The van der Waals surface area contributed by atoms with E-state index in [0.717, 1.165) is 38.8 Å². The summed E-state index contributed by atoms with van der Waals surface area (Å²) in [6.07, 6.45) is 6.24.